The number of carbonyl (C=O) groups excluding carboxylic acids is 2. The van der Waals surface area contributed by atoms with Gasteiger partial charge in [0.25, 0.3) is 0 Å². The van der Waals surface area contributed by atoms with Gasteiger partial charge in [-0.2, -0.15) is 13.2 Å². The maximum absolute atomic E-state index is 12.0. The molecule has 1 aromatic rings. The SMILES string of the molecule is O=C(CNC(=O)C1CC(c2cccc(Cl)c2)NN1)NCC(F)(F)F. The fourth-order valence-electron chi connectivity index (χ4n) is 2.22. The third-order valence-electron chi connectivity index (χ3n) is 3.38. The number of rotatable bonds is 5. The molecule has 1 heterocycles. The summed E-state index contributed by atoms with van der Waals surface area (Å²) in [5.41, 5.74) is 6.63. The van der Waals surface area contributed by atoms with Gasteiger partial charge in [0.15, 0.2) is 0 Å². The van der Waals surface area contributed by atoms with Gasteiger partial charge in [0, 0.05) is 11.1 Å². The maximum Gasteiger partial charge on any atom is 0.405 e. The van der Waals surface area contributed by atoms with Crippen molar-refractivity contribution >= 4 is 23.4 Å². The first-order valence-corrected chi connectivity index (χ1v) is 7.50. The molecule has 0 aliphatic carbocycles. The molecule has 1 fully saturated rings. The van der Waals surface area contributed by atoms with Crippen molar-refractivity contribution in [2.45, 2.75) is 24.7 Å². The smallest absolute Gasteiger partial charge is 0.346 e. The zero-order valence-corrected chi connectivity index (χ0v) is 13.2. The van der Waals surface area contributed by atoms with E-state index in [4.69, 9.17) is 11.6 Å². The van der Waals surface area contributed by atoms with Gasteiger partial charge in [0.2, 0.25) is 11.8 Å². The Hall–Kier alpha value is -1.84. The van der Waals surface area contributed by atoms with Crippen LogP contribution in [0.25, 0.3) is 0 Å². The van der Waals surface area contributed by atoms with Crippen molar-refractivity contribution in [2.24, 2.45) is 0 Å². The standard InChI is InChI=1S/C14H16ClF3N4O2/c15-9-3-1-2-8(4-9)10-5-11(22-21-10)13(24)19-6-12(23)20-7-14(16,17)18/h1-4,10-11,21-22H,5-7H2,(H,19,24)(H,20,23). The van der Waals surface area contributed by atoms with Gasteiger partial charge in [0.1, 0.15) is 12.6 Å². The van der Waals surface area contributed by atoms with Crippen LogP contribution in [0, 0.1) is 0 Å². The van der Waals surface area contributed by atoms with Crippen LogP contribution >= 0.6 is 11.6 Å². The second kappa shape index (κ2) is 7.82. The first-order chi connectivity index (χ1) is 11.2. The molecule has 1 aliphatic heterocycles. The Morgan fingerprint density at radius 3 is 2.67 bits per heavy atom. The number of hydrogen-bond acceptors (Lipinski definition) is 4. The number of halogens is 4. The summed E-state index contributed by atoms with van der Waals surface area (Å²) >= 11 is 5.92. The second-order valence-electron chi connectivity index (χ2n) is 5.29. The van der Waals surface area contributed by atoms with Gasteiger partial charge in [-0.3, -0.25) is 9.59 Å². The summed E-state index contributed by atoms with van der Waals surface area (Å²) < 4.78 is 35.9. The number of benzene rings is 1. The summed E-state index contributed by atoms with van der Waals surface area (Å²) in [5, 5.41) is 4.55. The summed E-state index contributed by atoms with van der Waals surface area (Å²) in [4.78, 5) is 23.2. The molecule has 0 radical (unpaired) electrons. The Balaban J connectivity index is 1.77. The normalized spacial score (nSPS) is 20.7. The largest absolute Gasteiger partial charge is 0.405 e. The lowest BCUT2D eigenvalue weighted by molar-refractivity contribution is -0.138. The molecule has 2 amide bonds. The van der Waals surface area contributed by atoms with Gasteiger partial charge in [-0.15, -0.1) is 0 Å². The highest BCUT2D eigenvalue weighted by atomic mass is 35.5. The molecule has 1 aromatic carbocycles. The molecule has 0 saturated carbocycles. The van der Waals surface area contributed by atoms with E-state index in [0.717, 1.165) is 5.56 Å². The van der Waals surface area contributed by atoms with Crippen LogP contribution in [-0.4, -0.2) is 37.1 Å². The molecule has 0 spiro atoms. The van der Waals surface area contributed by atoms with Crippen LogP contribution in [-0.2, 0) is 9.59 Å². The molecule has 2 rings (SSSR count). The maximum atomic E-state index is 12.0. The van der Waals surface area contributed by atoms with E-state index in [-0.39, 0.29) is 6.04 Å². The Morgan fingerprint density at radius 2 is 2.00 bits per heavy atom. The molecular weight excluding hydrogens is 349 g/mol. The summed E-state index contributed by atoms with van der Waals surface area (Å²) in [7, 11) is 0. The molecule has 0 bridgehead atoms. The monoisotopic (exact) mass is 364 g/mol. The van der Waals surface area contributed by atoms with Crippen LogP contribution in [0.1, 0.15) is 18.0 Å². The predicted octanol–water partition coefficient (Wildman–Crippen LogP) is 1.04. The zero-order valence-electron chi connectivity index (χ0n) is 12.4. The molecule has 10 heteroatoms. The number of nitrogens with one attached hydrogen (secondary N) is 4. The Kier molecular flexibility index (Phi) is 6.03. The van der Waals surface area contributed by atoms with Crippen LogP contribution in [0.4, 0.5) is 13.2 Å². The minimum atomic E-state index is -4.49. The summed E-state index contributed by atoms with van der Waals surface area (Å²) in [6.07, 6.45) is -4.07. The number of alkyl halides is 3. The van der Waals surface area contributed by atoms with Gasteiger partial charge in [-0.1, -0.05) is 23.7 Å². The molecule has 1 aliphatic rings. The average molecular weight is 365 g/mol. The lowest BCUT2D eigenvalue weighted by atomic mass is 10.0. The Morgan fingerprint density at radius 1 is 1.25 bits per heavy atom. The fraction of sp³-hybridized carbons (Fsp3) is 0.429. The highest BCUT2D eigenvalue weighted by Crippen LogP contribution is 2.24. The zero-order chi connectivity index (χ0) is 17.7. The van der Waals surface area contributed by atoms with Crippen LogP contribution in [0.3, 0.4) is 0 Å². The molecule has 2 unspecified atom stereocenters. The third-order valence-corrected chi connectivity index (χ3v) is 3.62. The minimum absolute atomic E-state index is 0.140. The van der Waals surface area contributed by atoms with E-state index in [1.54, 1.807) is 23.5 Å². The molecule has 0 aromatic heterocycles. The van der Waals surface area contributed by atoms with Gasteiger partial charge >= 0.3 is 6.18 Å². The van der Waals surface area contributed by atoms with Crippen molar-refractivity contribution in [1.82, 2.24) is 21.5 Å². The van der Waals surface area contributed by atoms with Gasteiger partial charge in [-0.25, -0.2) is 10.9 Å². The van der Waals surface area contributed by atoms with Crippen LogP contribution in [0.15, 0.2) is 24.3 Å². The van der Waals surface area contributed by atoms with E-state index >= 15 is 0 Å². The van der Waals surface area contributed by atoms with E-state index in [1.165, 1.54) is 0 Å². The summed E-state index contributed by atoms with van der Waals surface area (Å²) in [5.74, 6) is -1.38. The van der Waals surface area contributed by atoms with Crippen LogP contribution < -0.4 is 21.5 Å². The van der Waals surface area contributed by atoms with E-state index in [0.29, 0.717) is 11.4 Å². The van der Waals surface area contributed by atoms with Crippen molar-refractivity contribution < 1.29 is 22.8 Å². The van der Waals surface area contributed by atoms with E-state index in [9.17, 15) is 22.8 Å². The van der Waals surface area contributed by atoms with Crippen LogP contribution in [0.2, 0.25) is 5.02 Å². The number of carbonyl (C=O) groups is 2. The lowest BCUT2D eigenvalue weighted by Crippen LogP contribution is -2.47. The number of hydrazine groups is 1. The van der Waals surface area contributed by atoms with E-state index in [1.807, 2.05) is 6.07 Å². The van der Waals surface area contributed by atoms with Gasteiger partial charge in [-0.05, 0) is 24.1 Å². The van der Waals surface area contributed by atoms with Crippen molar-refractivity contribution in [2.75, 3.05) is 13.1 Å². The first-order valence-electron chi connectivity index (χ1n) is 7.12. The van der Waals surface area contributed by atoms with Crippen molar-refractivity contribution in [3.8, 4) is 0 Å². The quantitative estimate of drug-likeness (QED) is 0.629. The van der Waals surface area contributed by atoms with Crippen molar-refractivity contribution in [3.05, 3.63) is 34.9 Å². The highest BCUT2D eigenvalue weighted by Gasteiger charge is 2.31. The average Bonchev–Trinajstić information content (AvgIpc) is 3.00. The van der Waals surface area contributed by atoms with Crippen molar-refractivity contribution in [3.63, 3.8) is 0 Å². The molecule has 1 saturated heterocycles. The molecule has 6 nitrogen and oxygen atoms in total. The highest BCUT2D eigenvalue weighted by molar-refractivity contribution is 6.30. The van der Waals surface area contributed by atoms with E-state index in [2.05, 4.69) is 16.2 Å². The summed E-state index contributed by atoms with van der Waals surface area (Å²) in [6.45, 7) is -1.95. The van der Waals surface area contributed by atoms with E-state index < -0.39 is 37.1 Å². The molecule has 4 N–H and O–H groups in total. The molecule has 132 valence electrons. The van der Waals surface area contributed by atoms with Gasteiger partial charge in [0.05, 0.1) is 6.54 Å². The Labute approximate surface area is 141 Å². The fourth-order valence-corrected chi connectivity index (χ4v) is 2.42. The molecular formula is C14H16ClF3N4O2. The minimum Gasteiger partial charge on any atom is -0.346 e. The molecule has 2 atom stereocenters. The first kappa shape index (κ1) is 18.5. The van der Waals surface area contributed by atoms with Gasteiger partial charge < -0.3 is 10.6 Å². The third kappa shape index (κ3) is 5.66. The van der Waals surface area contributed by atoms with Crippen molar-refractivity contribution in [1.29, 1.82) is 0 Å². The number of amides is 2. The molecule has 24 heavy (non-hydrogen) atoms. The predicted molar refractivity (Wildman–Crippen MR) is 80.9 cm³/mol. The second-order valence-corrected chi connectivity index (χ2v) is 5.73. The van der Waals surface area contributed by atoms with Crippen LogP contribution in [0.5, 0.6) is 0 Å². The lowest BCUT2D eigenvalue weighted by Gasteiger charge is -2.12. The number of hydrogen-bond donors (Lipinski definition) is 4. The summed E-state index contributed by atoms with van der Waals surface area (Å²) in [6, 6.07) is 6.40. The Bertz CT molecular complexity index is 612. The topological polar surface area (TPSA) is 82.3 Å².